The Morgan fingerprint density at radius 3 is 2.53 bits per heavy atom. The van der Waals surface area contributed by atoms with Gasteiger partial charge in [-0.25, -0.2) is 13.1 Å². The van der Waals surface area contributed by atoms with Crippen LogP contribution in [-0.4, -0.2) is 13.4 Å². The number of rotatable bonds is 4. The summed E-state index contributed by atoms with van der Waals surface area (Å²) in [4.78, 5) is 15.4. The third kappa shape index (κ3) is 3.31. The summed E-state index contributed by atoms with van der Waals surface area (Å²) in [7, 11) is -3.63. The van der Waals surface area contributed by atoms with Gasteiger partial charge in [0.1, 0.15) is 0 Å². The minimum atomic E-state index is -3.63. The van der Waals surface area contributed by atoms with Crippen LogP contribution >= 0.6 is 11.3 Å². The summed E-state index contributed by atoms with van der Waals surface area (Å²) >= 11 is 1.55. The number of aromatic nitrogens is 1. The average Bonchev–Trinajstić information content (AvgIpc) is 2.76. The SMILES string of the molecule is Cc1ccc(C(C)NS(=O)(=O)c2ccc(=O)[nH]c2)s1. The van der Waals surface area contributed by atoms with Gasteiger partial charge >= 0.3 is 0 Å². The summed E-state index contributed by atoms with van der Waals surface area (Å²) in [6.07, 6.45) is 1.19. The first-order chi connectivity index (χ1) is 8.88. The first-order valence-corrected chi connectivity index (χ1v) is 7.96. The largest absolute Gasteiger partial charge is 0.328 e. The highest BCUT2D eigenvalue weighted by molar-refractivity contribution is 7.89. The van der Waals surface area contributed by atoms with Gasteiger partial charge in [-0.15, -0.1) is 11.3 Å². The molecular formula is C12H14N2O3S2. The molecule has 0 aliphatic rings. The fourth-order valence-corrected chi connectivity index (χ4v) is 3.75. The summed E-state index contributed by atoms with van der Waals surface area (Å²) < 4.78 is 26.8. The topological polar surface area (TPSA) is 79.0 Å². The minimum Gasteiger partial charge on any atom is -0.328 e. The summed E-state index contributed by atoms with van der Waals surface area (Å²) in [6.45, 7) is 3.76. The van der Waals surface area contributed by atoms with Crippen molar-refractivity contribution in [1.29, 1.82) is 0 Å². The van der Waals surface area contributed by atoms with Crippen molar-refractivity contribution in [3.63, 3.8) is 0 Å². The fourth-order valence-electron chi connectivity index (χ4n) is 1.61. The number of pyridine rings is 1. The molecule has 102 valence electrons. The number of nitrogens with one attached hydrogen (secondary N) is 2. The lowest BCUT2D eigenvalue weighted by molar-refractivity contribution is 0.568. The number of hydrogen-bond donors (Lipinski definition) is 2. The van der Waals surface area contributed by atoms with Crippen LogP contribution in [0.25, 0.3) is 0 Å². The Kier molecular flexibility index (Phi) is 3.88. The number of aryl methyl sites for hydroxylation is 1. The van der Waals surface area contributed by atoms with E-state index in [4.69, 9.17) is 0 Å². The van der Waals surface area contributed by atoms with Crippen LogP contribution in [0.1, 0.15) is 22.7 Å². The molecular weight excluding hydrogens is 284 g/mol. The lowest BCUT2D eigenvalue weighted by Gasteiger charge is -2.12. The summed E-state index contributed by atoms with van der Waals surface area (Å²) in [5.41, 5.74) is -0.333. The lowest BCUT2D eigenvalue weighted by atomic mass is 10.3. The van der Waals surface area contributed by atoms with Crippen LogP contribution in [-0.2, 0) is 10.0 Å². The molecule has 19 heavy (non-hydrogen) atoms. The van der Waals surface area contributed by atoms with Crippen LogP contribution in [0.15, 0.2) is 40.2 Å². The van der Waals surface area contributed by atoms with Crippen molar-refractivity contribution >= 4 is 21.4 Å². The molecule has 7 heteroatoms. The zero-order valence-electron chi connectivity index (χ0n) is 10.5. The Hall–Kier alpha value is -1.44. The van der Waals surface area contributed by atoms with Gasteiger partial charge in [-0.2, -0.15) is 0 Å². The van der Waals surface area contributed by atoms with Crippen molar-refractivity contribution < 1.29 is 8.42 Å². The van der Waals surface area contributed by atoms with Gasteiger partial charge in [0, 0.05) is 22.0 Å². The minimum absolute atomic E-state index is 0.0484. The maximum Gasteiger partial charge on any atom is 0.247 e. The van der Waals surface area contributed by atoms with Crippen molar-refractivity contribution in [2.24, 2.45) is 0 Å². The van der Waals surface area contributed by atoms with Gasteiger partial charge in [0.15, 0.2) is 0 Å². The summed E-state index contributed by atoms with van der Waals surface area (Å²) in [5.74, 6) is 0. The Labute approximate surface area is 115 Å². The molecule has 0 spiro atoms. The molecule has 2 aromatic heterocycles. The van der Waals surface area contributed by atoms with E-state index in [9.17, 15) is 13.2 Å². The number of H-pyrrole nitrogens is 1. The first kappa shape index (κ1) is 14.0. The maximum absolute atomic E-state index is 12.1. The molecule has 2 N–H and O–H groups in total. The van der Waals surface area contributed by atoms with E-state index in [1.165, 1.54) is 18.3 Å². The normalized spacial score (nSPS) is 13.4. The quantitative estimate of drug-likeness (QED) is 0.903. The highest BCUT2D eigenvalue weighted by atomic mass is 32.2. The molecule has 0 radical (unpaired) electrons. The van der Waals surface area contributed by atoms with Gasteiger partial charge in [-0.05, 0) is 32.0 Å². The van der Waals surface area contributed by atoms with E-state index < -0.39 is 10.0 Å². The van der Waals surface area contributed by atoms with E-state index in [-0.39, 0.29) is 16.5 Å². The van der Waals surface area contributed by atoms with E-state index in [1.54, 1.807) is 18.3 Å². The van der Waals surface area contributed by atoms with Crippen LogP contribution in [0, 0.1) is 6.92 Å². The second kappa shape index (κ2) is 5.28. The number of hydrogen-bond acceptors (Lipinski definition) is 4. The molecule has 2 rings (SSSR count). The number of aromatic amines is 1. The first-order valence-electron chi connectivity index (χ1n) is 5.66. The van der Waals surface area contributed by atoms with Gasteiger partial charge in [0.25, 0.3) is 0 Å². The number of sulfonamides is 1. The molecule has 1 atom stereocenters. The van der Waals surface area contributed by atoms with Crippen LogP contribution in [0.2, 0.25) is 0 Å². The van der Waals surface area contributed by atoms with Crippen molar-refractivity contribution in [3.8, 4) is 0 Å². The molecule has 2 aromatic rings. The molecule has 5 nitrogen and oxygen atoms in total. The summed E-state index contributed by atoms with van der Waals surface area (Å²) in [5, 5.41) is 0. The molecule has 0 aromatic carbocycles. The Morgan fingerprint density at radius 2 is 2.00 bits per heavy atom. The molecule has 0 aliphatic heterocycles. The lowest BCUT2D eigenvalue weighted by Crippen LogP contribution is -2.27. The van der Waals surface area contributed by atoms with Crippen LogP contribution < -0.4 is 10.3 Å². The standard InChI is InChI=1S/C12H14N2O3S2/c1-8-3-5-11(18-8)9(2)14-19(16,17)10-4-6-12(15)13-7-10/h3-7,9,14H,1-2H3,(H,13,15). The Morgan fingerprint density at radius 1 is 1.26 bits per heavy atom. The van der Waals surface area contributed by atoms with Crippen molar-refractivity contribution in [2.75, 3.05) is 0 Å². The van der Waals surface area contributed by atoms with Crippen LogP contribution in [0.5, 0.6) is 0 Å². The van der Waals surface area contributed by atoms with Crippen LogP contribution in [0.4, 0.5) is 0 Å². The fraction of sp³-hybridized carbons (Fsp3) is 0.250. The zero-order chi connectivity index (χ0) is 14.0. The molecule has 1 unspecified atom stereocenters. The van der Waals surface area contributed by atoms with Gasteiger partial charge in [0.05, 0.1) is 10.9 Å². The third-order valence-electron chi connectivity index (χ3n) is 2.59. The van der Waals surface area contributed by atoms with Gasteiger partial charge < -0.3 is 4.98 Å². The van der Waals surface area contributed by atoms with E-state index in [0.29, 0.717) is 0 Å². The number of thiophene rings is 1. The van der Waals surface area contributed by atoms with E-state index >= 15 is 0 Å². The van der Waals surface area contributed by atoms with Gasteiger partial charge in [0.2, 0.25) is 15.6 Å². The molecule has 0 saturated heterocycles. The van der Waals surface area contributed by atoms with Crippen LogP contribution in [0.3, 0.4) is 0 Å². The molecule has 2 heterocycles. The van der Waals surface area contributed by atoms with E-state index in [2.05, 4.69) is 9.71 Å². The highest BCUT2D eigenvalue weighted by Gasteiger charge is 2.19. The maximum atomic E-state index is 12.1. The predicted molar refractivity (Wildman–Crippen MR) is 74.9 cm³/mol. The Bertz CT molecular complexity index is 711. The van der Waals surface area contributed by atoms with Crippen molar-refractivity contribution in [1.82, 2.24) is 9.71 Å². The predicted octanol–water partition coefficient (Wildman–Crippen LogP) is 1.78. The van der Waals surface area contributed by atoms with Gasteiger partial charge in [-0.3, -0.25) is 4.79 Å². The van der Waals surface area contributed by atoms with E-state index in [1.807, 2.05) is 19.1 Å². The van der Waals surface area contributed by atoms with E-state index in [0.717, 1.165) is 9.75 Å². The molecule has 0 saturated carbocycles. The second-order valence-corrected chi connectivity index (χ2v) is 7.21. The third-order valence-corrected chi connectivity index (χ3v) is 5.31. The monoisotopic (exact) mass is 298 g/mol. The van der Waals surface area contributed by atoms with Crippen molar-refractivity contribution in [3.05, 3.63) is 50.6 Å². The Balaban J connectivity index is 2.22. The molecule has 0 bridgehead atoms. The molecule has 0 fully saturated rings. The smallest absolute Gasteiger partial charge is 0.247 e. The van der Waals surface area contributed by atoms with Gasteiger partial charge in [-0.1, -0.05) is 0 Å². The molecule has 0 amide bonds. The average molecular weight is 298 g/mol. The zero-order valence-corrected chi connectivity index (χ0v) is 12.1. The van der Waals surface area contributed by atoms with Crippen molar-refractivity contribution in [2.45, 2.75) is 24.8 Å². The summed E-state index contributed by atoms with van der Waals surface area (Å²) in [6, 6.07) is 6.02. The molecule has 0 aliphatic carbocycles. The second-order valence-electron chi connectivity index (χ2n) is 4.18. The highest BCUT2D eigenvalue weighted by Crippen LogP contribution is 2.23.